The Balaban J connectivity index is 1.55. The highest BCUT2D eigenvalue weighted by atomic mass is 32.2. The number of anilines is 1. The summed E-state index contributed by atoms with van der Waals surface area (Å²) in [4.78, 5) is 56.6. The first-order valence-corrected chi connectivity index (χ1v) is 18.5. The zero-order chi connectivity index (χ0) is 35.3. The van der Waals surface area contributed by atoms with E-state index in [1.54, 1.807) is 12.1 Å². The number of ether oxygens (including phenoxy) is 1. The highest BCUT2D eigenvalue weighted by molar-refractivity contribution is 8.14. The van der Waals surface area contributed by atoms with Gasteiger partial charge in [-0.2, -0.15) is 0 Å². The van der Waals surface area contributed by atoms with E-state index in [0.717, 1.165) is 33.4 Å². The molecular weight excluding hydrogens is 669 g/mol. The predicted molar refractivity (Wildman–Crippen MR) is 201 cm³/mol. The molecule has 1 unspecified atom stereocenters. The Hall–Kier alpha value is -5.44. The molecule has 1 aliphatic rings. The Kier molecular flexibility index (Phi) is 10.3. The summed E-state index contributed by atoms with van der Waals surface area (Å²) < 4.78 is 6.03. The van der Waals surface area contributed by atoms with Crippen LogP contribution in [0.25, 0.3) is 0 Å². The maximum absolute atomic E-state index is 14.8. The number of likely N-dealkylation sites (tertiary alicyclic amines) is 1. The maximum atomic E-state index is 14.8. The molecule has 1 saturated heterocycles. The van der Waals surface area contributed by atoms with E-state index < -0.39 is 23.2 Å². The first-order valence-electron chi connectivity index (χ1n) is 15.8. The van der Waals surface area contributed by atoms with Gasteiger partial charge in [0.1, 0.15) is 12.0 Å². The van der Waals surface area contributed by atoms with Gasteiger partial charge in [-0.25, -0.2) is 4.79 Å². The SMILES string of the molecule is CN(C)c1cccc(C(=O)SC2CC(=O)N2C(C(=O)OCc2ccc([N+](=O)[O-])cc2)=P(c2ccccc2)(c2ccccc2)c2ccccc2)c1. The lowest BCUT2D eigenvalue weighted by molar-refractivity contribution is -0.384. The predicted octanol–water partition coefficient (Wildman–Crippen LogP) is 5.96. The number of non-ortho nitro benzene ring substituents is 1. The molecule has 1 heterocycles. The number of amides is 1. The Morgan fingerprint density at radius 1 is 0.820 bits per heavy atom. The molecule has 1 fully saturated rings. The molecule has 0 saturated carbocycles. The van der Waals surface area contributed by atoms with Gasteiger partial charge in [0.05, 0.1) is 16.7 Å². The second-order valence-electron chi connectivity index (χ2n) is 11.8. The molecule has 0 aromatic heterocycles. The van der Waals surface area contributed by atoms with Crippen LogP contribution in [0.15, 0.2) is 140 Å². The average molecular weight is 704 g/mol. The van der Waals surface area contributed by atoms with E-state index in [9.17, 15) is 24.5 Å². The van der Waals surface area contributed by atoms with E-state index in [0.29, 0.717) is 11.1 Å². The molecule has 11 heteroatoms. The summed E-state index contributed by atoms with van der Waals surface area (Å²) in [6.07, 6.45) is 0.0568. The van der Waals surface area contributed by atoms with Crippen LogP contribution in [-0.4, -0.2) is 51.7 Å². The van der Waals surface area contributed by atoms with E-state index in [1.807, 2.05) is 122 Å². The number of esters is 1. The second kappa shape index (κ2) is 15.0. The van der Waals surface area contributed by atoms with Crippen molar-refractivity contribution in [2.45, 2.75) is 18.4 Å². The van der Waals surface area contributed by atoms with E-state index >= 15 is 0 Å². The normalized spacial score (nSPS) is 14.0. The average Bonchev–Trinajstić information content (AvgIpc) is 3.15. The van der Waals surface area contributed by atoms with Gasteiger partial charge in [-0.15, -0.1) is 0 Å². The molecule has 5 aromatic rings. The number of nitro groups is 1. The minimum Gasteiger partial charge on any atom is -0.456 e. The summed E-state index contributed by atoms with van der Waals surface area (Å²) >= 11 is 1.01. The van der Waals surface area contributed by atoms with Gasteiger partial charge in [0.15, 0.2) is 0 Å². The lowest BCUT2D eigenvalue weighted by atomic mass is 10.2. The van der Waals surface area contributed by atoms with Crippen LogP contribution in [0.5, 0.6) is 0 Å². The van der Waals surface area contributed by atoms with Crippen molar-refractivity contribution >= 4 is 68.3 Å². The van der Waals surface area contributed by atoms with Crippen molar-refractivity contribution in [3.63, 3.8) is 0 Å². The van der Waals surface area contributed by atoms with Crippen molar-refractivity contribution in [3.8, 4) is 0 Å². The summed E-state index contributed by atoms with van der Waals surface area (Å²) in [5.41, 5.74) is 1.97. The minimum atomic E-state index is -3.17. The van der Waals surface area contributed by atoms with Gasteiger partial charge in [0, 0.05) is 44.4 Å². The molecule has 0 spiro atoms. The summed E-state index contributed by atoms with van der Waals surface area (Å²) in [5.74, 6) is -1.01. The second-order valence-corrected chi connectivity index (χ2v) is 16.2. The molecule has 0 N–H and O–H groups in total. The quantitative estimate of drug-likeness (QED) is 0.0545. The zero-order valence-corrected chi connectivity index (χ0v) is 29.1. The third-order valence-electron chi connectivity index (χ3n) is 8.42. The summed E-state index contributed by atoms with van der Waals surface area (Å²) in [6, 6.07) is 41.9. The zero-order valence-electron chi connectivity index (χ0n) is 27.4. The monoisotopic (exact) mass is 703 g/mol. The fourth-order valence-electron chi connectivity index (χ4n) is 5.93. The Labute approximate surface area is 294 Å². The van der Waals surface area contributed by atoms with E-state index in [1.165, 1.54) is 29.2 Å². The number of hydrogen-bond acceptors (Lipinski definition) is 8. The molecule has 9 nitrogen and oxygen atoms in total. The fraction of sp³-hybridized carbons (Fsp3) is 0.128. The first kappa shape index (κ1) is 34.4. The van der Waals surface area contributed by atoms with Gasteiger partial charge in [-0.05, 0) is 45.7 Å². The number of benzene rings is 5. The van der Waals surface area contributed by atoms with Gasteiger partial charge >= 0.3 is 5.97 Å². The molecule has 0 aliphatic carbocycles. The molecule has 1 aliphatic heterocycles. The molecule has 252 valence electrons. The molecule has 0 radical (unpaired) electrons. The van der Waals surface area contributed by atoms with E-state index in [2.05, 4.69) is 0 Å². The summed E-state index contributed by atoms with van der Waals surface area (Å²) in [7, 11) is 3.79. The maximum Gasteiger partial charge on any atom is 0.356 e. The van der Waals surface area contributed by atoms with Crippen LogP contribution in [0.4, 0.5) is 11.4 Å². The third-order valence-corrected chi connectivity index (χ3v) is 13.8. The number of nitro benzene ring substituents is 1. The molecule has 5 aromatic carbocycles. The number of nitrogens with zero attached hydrogens (tertiary/aromatic N) is 3. The van der Waals surface area contributed by atoms with Crippen LogP contribution in [-0.2, 0) is 20.9 Å². The van der Waals surface area contributed by atoms with Crippen LogP contribution in [0.2, 0.25) is 0 Å². The Bertz CT molecular complexity index is 1990. The van der Waals surface area contributed by atoms with E-state index in [-0.39, 0.29) is 35.2 Å². The molecule has 50 heavy (non-hydrogen) atoms. The third kappa shape index (κ3) is 6.85. The number of thioether (sulfide) groups is 1. The highest BCUT2D eigenvalue weighted by Gasteiger charge is 2.48. The largest absolute Gasteiger partial charge is 0.456 e. The van der Waals surface area contributed by atoms with Crippen molar-refractivity contribution in [2.24, 2.45) is 0 Å². The Morgan fingerprint density at radius 2 is 1.36 bits per heavy atom. The van der Waals surface area contributed by atoms with E-state index in [4.69, 9.17) is 4.74 Å². The van der Waals surface area contributed by atoms with Gasteiger partial charge in [0.25, 0.3) is 5.69 Å². The number of rotatable bonds is 11. The standard InChI is InChI=1S/C39H34N3O6PS/c1-40(2)31-14-12-13-29(25-31)39(45)50-36-26-35(43)41(36)37(38(44)48-27-28-21-23-30(24-22-28)42(46)47)49(32-15-6-3-7-16-32,33-17-8-4-9-18-33)34-19-10-5-11-20-34/h3-25,36H,26-27H2,1-2H3. The lowest BCUT2D eigenvalue weighted by Crippen LogP contribution is -2.58. The lowest BCUT2D eigenvalue weighted by Gasteiger charge is -2.44. The van der Waals surface area contributed by atoms with Crippen molar-refractivity contribution < 1.29 is 24.0 Å². The van der Waals surface area contributed by atoms with Gasteiger partial charge < -0.3 is 9.64 Å². The smallest absolute Gasteiger partial charge is 0.356 e. The molecule has 0 bridgehead atoms. The van der Waals surface area contributed by atoms with Crippen molar-refractivity contribution in [2.75, 3.05) is 19.0 Å². The molecule has 6 rings (SSSR count). The molecular formula is C39H34N3O6PS. The van der Waals surface area contributed by atoms with Crippen LogP contribution < -0.4 is 20.8 Å². The highest BCUT2D eigenvalue weighted by Crippen LogP contribution is 2.49. The number of β-lactam (4-membered cyclic amide) rings is 1. The Morgan fingerprint density at radius 3 is 1.84 bits per heavy atom. The summed E-state index contributed by atoms with van der Waals surface area (Å²) in [6.45, 7) is -3.35. The van der Waals surface area contributed by atoms with Gasteiger partial charge in [-0.3, -0.25) is 24.6 Å². The van der Waals surface area contributed by atoms with Crippen LogP contribution in [0, 0.1) is 10.1 Å². The van der Waals surface area contributed by atoms with Gasteiger partial charge in [0.2, 0.25) is 11.0 Å². The fourth-order valence-corrected chi connectivity index (χ4v) is 11.5. The van der Waals surface area contributed by atoms with Crippen molar-refractivity contribution in [3.05, 3.63) is 161 Å². The topological polar surface area (TPSA) is 110 Å². The van der Waals surface area contributed by atoms with Crippen LogP contribution >= 0.6 is 18.6 Å². The first-order chi connectivity index (χ1) is 24.2. The minimum absolute atomic E-state index is 0.0568. The van der Waals surface area contributed by atoms with Crippen molar-refractivity contribution in [1.29, 1.82) is 0 Å². The van der Waals surface area contributed by atoms with Crippen LogP contribution in [0.1, 0.15) is 22.3 Å². The molecule has 1 atom stereocenters. The number of hydrogen-bond donors (Lipinski definition) is 0. The summed E-state index contributed by atoms with van der Waals surface area (Å²) in [5, 5.41) is 12.8. The number of carbonyl (C=O) groups excluding carboxylic acids is 3. The molecule has 1 amide bonds. The number of carbonyl (C=O) groups is 3. The van der Waals surface area contributed by atoms with Crippen LogP contribution in [0.3, 0.4) is 0 Å². The van der Waals surface area contributed by atoms with Crippen molar-refractivity contribution in [1.82, 2.24) is 4.90 Å². The van der Waals surface area contributed by atoms with Gasteiger partial charge in [-0.1, -0.05) is 115 Å².